The molecule has 0 unspecified atom stereocenters. The normalized spacial score (nSPS) is 12.1. The first kappa shape index (κ1) is 16.8. The zero-order valence-corrected chi connectivity index (χ0v) is 12.9. The second kappa shape index (κ2) is 6.00. The summed E-state index contributed by atoms with van der Waals surface area (Å²) in [4.78, 5) is 22.7. The summed E-state index contributed by atoms with van der Waals surface area (Å²) in [6, 6.07) is 5.40. The third-order valence-electron chi connectivity index (χ3n) is 1.91. The van der Waals surface area contributed by atoms with Crippen LogP contribution in [0.4, 0.5) is 13.2 Å². The van der Waals surface area contributed by atoms with E-state index in [0.717, 1.165) is 0 Å². The minimum absolute atomic E-state index is 0.0397. The van der Waals surface area contributed by atoms with Gasteiger partial charge in [-0.3, -0.25) is 4.79 Å². The van der Waals surface area contributed by atoms with Crippen LogP contribution in [0.1, 0.15) is 10.4 Å². The molecule has 0 N–H and O–H groups in total. The Hall–Kier alpha value is -1.28. The van der Waals surface area contributed by atoms with Crippen molar-refractivity contribution < 1.29 is 27.2 Å². The van der Waals surface area contributed by atoms with Crippen LogP contribution in [0.3, 0.4) is 0 Å². The van der Waals surface area contributed by atoms with Crippen molar-refractivity contribution in [3.05, 3.63) is 29.8 Å². The highest BCUT2D eigenvalue weighted by molar-refractivity contribution is 8.13. The van der Waals surface area contributed by atoms with E-state index >= 15 is 0 Å². The van der Waals surface area contributed by atoms with E-state index in [4.69, 9.17) is 4.43 Å². The molecule has 110 valence electrons. The smallest absolute Gasteiger partial charge is 0.461 e. The average molecular weight is 322 g/mol. The molecule has 1 aromatic rings. The highest BCUT2D eigenvalue weighted by Gasteiger charge is 2.39. The summed E-state index contributed by atoms with van der Waals surface area (Å²) >= 11 is 0.0397. The molecule has 0 bridgehead atoms. The molecule has 0 fully saturated rings. The van der Waals surface area contributed by atoms with Crippen LogP contribution in [0.15, 0.2) is 29.2 Å². The van der Waals surface area contributed by atoms with E-state index in [1.165, 1.54) is 24.3 Å². The van der Waals surface area contributed by atoms with Crippen molar-refractivity contribution in [3.63, 3.8) is 0 Å². The van der Waals surface area contributed by atoms with Crippen molar-refractivity contribution in [1.82, 2.24) is 0 Å². The Morgan fingerprint density at radius 1 is 1.20 bits per heavy atom. The molecule has 0 radical (unpaired) electrons. The first-order chi connectivity index (χ1) is 8.99. The van der Waals surface area contributed by atoms with Gasteiger partial charge in [0, 0.05) is 4.90 Å². The summed E-state index contributed by atoms with van der Waals surface area (Å²) in [5.41, 5.74) is 0.132. The van der Waals surface area contributed by atoms with Crippen LogP contribution in [0.5, 0.6) is 0 Å². The fraction of sp³-hybridized carbons (Fsp3) is 0.333. The Morgan fingerprint density at radius 2 is 1.80 bits per heavy atom. The molecule has 1 rings (SSSR count). The van der Waals surface area contributed by atoms with Gasteiger partial charge < -0.3 is 4.43 Å². The number of halogens is 3. The maximum absolute atomic E-state index is 12.2. The number of hydrogen-bond acceptors (Lipinski definition) is 4. The lowest BCUT2D eigenvalue weighted by atomic mass is 10.2. The summed E-state index contributed by atoms with van der Waals surface area (Å²) in [7, 11) is -2.09. The Balaban J connectivity index is 2.86. The molecule has 0 saturated heterocycles. The van der Waals surface area contributed by atoms with Crippen LogP contribution >= 0.6 is 11.8 Å². The molecule has 1 aromatic carbocycles. The quantitative estimate of drug-likeness (QED) is 0.626. The maximum atomic E-state index is 12.2. The number of benzene rings is 1. The highest BCUT2D eigenvalue weighted by Crippen LogP contribution is 2.29. The molecule has 0 aliphatic rings. The van der Waals surface area contributed by atoms with Crippen LogP contribution < -0.4 is 0 Å². The minimum atomic E-state index is -4.90. The highest BCUT2D eigenvalue weighted by atomic mass is 32.2. The van der Waals surface area contributed by atoms with Gasteiger partial charge in [-0.05, 0) is 49.6 Å². The summed E-state index contributed by atoms with van der Waals surface area (Å²) in [5.74, 6) is -0.592. The summed E-state index contributed by atoms with van der Waals surface area (Å²) in [6.45, 7) is 5.45. The number of carbonyl (C=O) groups is 2. The molecule has 0 saturated carbocycles. The largest absolute Gasteiger partial charge is 0.516 e. The molecule has 8 heteroatoms. The molecule has 3 nitrogen and oxygen atoms in total. The van der Waals surface area contributed by atoms with E-state index in [9.17, 15) is 22.8 Å². The second-order valence-corrected chi connectivity index (χ2v) is 10.4. The third kappa shape index (κ3) is 5.38. The zero-order chi connectivity index (χ0) is 15.6. The topological polar surface area (TPSA) is 43.4 Å². The van der Waals surface area contributed by atoms with Gasteiger partial charge in [-0.15, -0.1) is 0 Å². The van der Waals surface area contributed by atoms with Gasteiger partial charge in [0.2, 0.25) is 8.32 Å². The Bertz CT molecular complexity index is 523. The van der Waals surface area contributed by atoms with Crippen molar-refractivity contribution in [2.24, 2.45) is 0 Å². The van der Waals surface area contributed by atoms with Crippen molar-refractivity contribution in [1.29, 1.82) is 0 Å². The van der Waals surface area contributed by atoms with Crippen LogP contribution in [0.2, 0.25) is 19.6 Å². The maximum Gasteiger partial charge on any atom is 0.461 e. The Morgan fingerprint density at radius 3 is 2.30 bits per heavy atom. The van der Waals surface area contributed by atoms with Gasteiger partial charge in [-0.2, -0.15) is 13.2 Å². The lowest BCUT2D eigenvalue weighted by molar-refractivity contribution is -0.160. The average Bonchev–Trinajstić information content (AvgIpc) is 2.25. The SMILES string of the molecule is C[Si](C)(C)OC(=O)c1cccc(SC(=O)C(F)(F)F)c1. The van der Waals surface area contributed by atoms with Gasteiger partial charge in [-0.1, -0.05) is 6.07 Å². The van der Waals surface area contributed by atoms with Gasteiger partial charge in [0.1, 0.15) is 0 Å². The number of hydrogen-bond donors (Lipinski definition) is 0. The van der Waals surface area contributed by atoms with Gasteiger partial charge in [0.15, 0.2) is 0 Å². The number of carbonyl (C=O) groups excluding carboxylic acids is 2. The van der Waals surface area contributed by atoms with E-state index in [1.807, 2.05) is 19.6 Å². The number of rotatable bonds is 3. The first-order valence-electron chi connectivity index (χ1n) is 5.61. The van der Waals surface area contributed by atoms with Crippen LogP contribution in [-0.2, 0) is 9.22 Å². The van der Waals surface area contributed by atoms with Crippen LogP contribution in [0.25, 0.3) is 0 Å². The van der Waals surface area contributed by atoms with E-state index in [2.05, 4.69) is 0 Å². The molecule has 0 aliphatic carbocycles. The van der Waals surface area contributed by atoms with E-state index < -0.39 is 25.6 Å². The van der Waals surface area contributed by atoms with Crippen molar-refractivity contribution in [3.8, 4) is 0 Å². The van der Waals surface area contributed by atoms with Crippen LogP contribution in [-0.4, -0.2) is 25.6 Å². The molecular weight excluding hydrogens is 309 g/mol. The van der Waals surface area contributed by atoms with Gasteiger partial charge in [-0.25, -0.2) is 4.79 Å². The van der Waals surface area contributed by atoms with E-state index in [1.54, 1.807) is 0 Å². The fourth-order valence-electron chi connectivity index (χ4n) is 1.19. The Labute approximate surface area is 119 Å². The summed E-state index contributed by atoms with van der Waals surface area (Å²) in [5, 5.41) is -1.92. The van der Waals surface area contributed by atoms with Crippen molar-refractivity contribution >= 4 is 31.2 Å². The van der Waals surface area contributed by atoms with Crippen molar-refractivity contribution in [2.75, 3.05) is 0 Å². The second-order valence-electron chi connectivity index (χ2n) is 4.92. The zero-order valence-electron chi connectivity index (χ0n) is 11.1. The molecule has 20 heavy (non-hydrogen) atoms. The van der Waals surface area contributed by atoms with Crippen LogP contribution in [0, 0.1) is 0 Å². The number of alkyl halides is 3. The van der Waals surface area contributed by atoms with Gasteiger partial charge in [0.05, 0.1) is 5.56 Å². The molecule has 0 amide bonds. The molecule has 0 aromatic heterocycles. The predicted molar refractivity (Wildman–Crippen MR) is 72.1 cm³/mol. The first-order valence-corrected chi connectivity index (χ1v) is 9.84. The fourth-order valence-corrected chi connectivity index (χ4v) is 2.52. The molecule has 0 aliphatic heterocycles. The molecule has 0 heterocycles. The minimum Gasteiger partial charge on any atom is -0.516 e. The monoisotopic (exact) mass is 322 g/mol. The summed E-state index contributed by atoms with van der Waals surface area (Å²) < 4.78 is 41.7. The summed E-state index contributed by atoms with van der Waals surface area (Å²) in [6.07, 6.45) is -4.90. The third-order valence-corrected chi connectivity index (χ3v) is 3.61. The van der Waals surface area contributed by atoms with E-state index in [-0.39, 0.29) is 22.2 Å². The molecular formula is C12H13F3O3SSi. The Kier molecular flexibility index (Phi) is 5.03. The standard InChI is InChI=1S/C12H13F3O3SSi/c1-20(2,3)18-10(16)8-5-4-6-9(7-8)19-11(17)12(13,14)15/h4-7H,1-3H3. The van der Waals surface area contributed by atoms with Crippen molar-refractivity contribution in [2.45, 2.75) is 30.7 Å². The van der Waals surface area contributed by atoms with E-state index in [0.29, 0.717) is 0 Å². The predicted octanol–water partition coefficient (Wildman–Crippen LogP) is 3.86. The lowest BCUT2D eigenvalue weighted by Gasteiger charge is -2.17. The van der Waals surface area contributed by atoms with Gasteiger partial charge >= 0.3 is 12.1 Å². The number of thioether (sulfide) groups is 1. The molecule has 0 atom stereocenters. The lowest BCUT2D eigenvalue weighted by Crippen LogP contribution is -2.29. The van der Waals surface area contributed by atoms with Gasteiger partial charge in [0.25, 0.3) is 5.12 Å². The molecule has 0 spiro atoms.